The van der Waals surface area contributed by atoms with E-state index in [-0.39, 0.29) is 5.41 Å². The lowest BCUT2D eigenvalue weighted by molar-refractivity contribution is 0.631. The topological polar surface area (TPSA) is 41.9 Å². The second-order valence-corrected chi connectivity index (χ2v) is 12.5. The van der Waals surface area contributed by atoms with Crippen LogP contribution in [0.1, 0.15) is 36.4 Å². The summed E-state index contributed by atoms with van der Waals surface area (Å²) in [6.45, 7) is 4.64. The van der Waals surface area contributed by atoms with Gasteiger partial charge in [-0.15, -0.1) is 0 Å². The largest absolute Gasteiger partial charge is 0.310 e. The van der Waals surface area contributed by atoms with Crippen molar-refractivity contribution in [2.45, 2.75) is 25.7 Å². The van der Waals surface area contributed by atoms with E-state index in [1.807, 2.05) is 36.4 Å². The quantitative estimate of drug-likeness (QED) is 0.189. The molecule has 4 heteroatoms. The molecule has 0 saturated carbocycles. The van der Waals surface area contributed by atoms with Gasteiger partial charge in [-0.05, 0) is 52.1 Å². The van der Waals surface area contributed by atoms with Gasteiger partial charge in [0.15, 0.2) is 11.6 Å². The third-order valence-corrected chi connectivity index (χ3v) is 9.16. The van der Waals surface area contributed by atoms with E-state index in [1.54, 1.807) is 0 Å². The molecule has 47 heavy (non-hydrogen) atoms. The van der Waals surface area contributed by atoms with Crippen LogP contribution in [0.25, 0.3) is 33.9 Å². The van der Waals surface area contributed by atoms with Gasteiger partial charge in [0.2, 0.25) is 0 Å². The zero-order chi connectivity index (χ0) is 31.8. The first-order valence-electron chi connectivity index (χ1n) is 16.1. The van der Waals surface area contributed by atoms with Crippen LogP contribution < -0.4 is 4.90 Å². The molecule has 0 aliphatic carbocycles. The predicted octanol–water partition coefficient (Wildman–Crippen LogP) is 10.6. The Morgan fingerprint density at radius 1 is 0.447 bits per heavy atom. The summed E-state index contributed by atoms with van der Waals surface area (Å²) < 4.78 is 0. The Balaban J connectivity index is 1.34. The van der Waals surface area contributed by atoms with Gasteiger partial charge in [-0.25, -0.2) is 15.0 Å². The number of anilines is 3. The first-order chi connectivity index (χ1) is 23.1. The summed E-state index contributed by atoms with van der Waals surface area (Å²) in [4.78, 5) is 17.5. The van der Waals surface area contributed by atoms with Crippen molar-refractivity contribution < 1.29 is 0 Å². The van der Waals surface area contributed by atoms with Gasteiger partial charge < -0.3 is 4.90 Å². The number of fused-ring (bicyclic) bond motifs is 2. The van der Waals surface area contributed by atoms with Gasteiger partial charge in [-0.2, -0.15) is 0 Å². The average Bonchev–Trinajstić information content (AvgIpc) is 3.13. The lowest BCUT2D eigenvalue weighted by Gasteiger charge is -2.42. The van der Waals surface area contributed by atoms with E-state index < -0.39 is 0 Å². The maximum absolute atomic E-state index is 5.08. The first-order valence-corrected chi connectivity index (χ1v) is 16.1. The van der Waals surface area contributed by atoms with Crippen molar-refractivity contribution in [3.63, 3.8) is 0 Å². The van der Waals surface area contributed by atoms with Crippen molar-refractivity contribution >= 4 is 17.1 Å². The molecular formula is C43H34N4. The van der Waals surface area contributed by atoms with Crippen molar-refractivity contribution in [3.05, 3.63) is 180 Å². The fourth-order valence-corrected chi connectivity index (χ4v) is 6.79. The summed E-state index contributed by atoms with van der Waals surface area (Å²) in [7, 11) is 0. The Morgan fingerprint density at radius 2 is 0.915 bits per heavy atom. The van der Waals surface area contributed by atoms with Crippen LogP contribution in [-0.2, 0) is 11.8 Å². The van der Waals surface area contributed by atoms with Gasteiger partial charge in [0.05, 0.1) is 11.4 Å². The number of hydrogen-bond acceptors (Lipinski definition) is 4. The molecule has 1 aliphatic heterocycles. The Hall–Kier alpha value is -5.87. The molecule has 6 aromatic carbocycles. The van der Waals surface area contributed by atoms with Gasteiger partial charge in [-0.1, -0.05) is 147 Å². The smallest absolute Gasteiger partial charge is 0.163 e. The molecule has 226 valence electrons. The van der Waals surface area contributed by atoms with Gasteiger partial charge in [-0.3, -0.25) is 0 Å². The maximum Gasteiger partial charge on any atom is 0.163 e. The number of rotatable bonds is 6. The standard InChI is InChI=1S/C43H34N4/c1-43(2)35-22-12-14-24-38(35)47(39-25-15-13-23-36(39)43)37-27-26-33(30-16-6-3-7-17-30)28-34(37)29-40-44-41(31-18-8-4-9-19-31)46-42(45-40)32-20-10-5-11-21-32/h3-28H,29H2,1-2H3. The maximum atomic E-state index is 5.08. The van der Waals surface area contributed by atoms with Crippen molar-refractivity contribution in [2.75, 3.05) is 4.90 Å². The molecule has 2 heterocycles. The normalized spacial score (nSPS) is 13.1. The molecule has 0 unspecified atom stereocenters. The molecule has 1 aromatic heterocycles. The molecule has 4 nitrogen and oxygen atoms in total. The number of para-hydroxylation sites is 2. The summed E-state index contributed by atoms with van der Waals surface area (Å²) in [5.41, 5.74) is 11.4. The van der Waals surface area contributed by atoms with Crippen molar-refractivity contribution in [1.82, 2.24) is 15.0 Å². The van der Waals surface area contributed by atoms with E-state index in [4.69, 9.17) is 15.0 Å². The molecule has 0 amide bonds. The van der Waals surface area contributed by atoms with Gasteiger partial charge in [0.1, 0.15) is 5.82 Å². The molecule has 0 spiro atoms. The van der Waals surface area contributed by atoms with Gasteiger partial charge in [0, 0.05) is 28.7 Å². The Kier molecular flexibility index (Phi) is 7.18. The van der Waals surface area contributed by atoms with Crippen LogP contribution in [0.15, 0.2) is 158 Å². The third kappa shape index (κ3) is 5.28. The Bertz CT molecular complexity index is 2080. The number of nitrogens with zero attached hydrogens (tertiary/aromatic N) is 4. The van der Waals surface area contributed by atoms with E-state index in [1.165, 1.54) is 28.1 Å². The van der Waals surface area contributed by atoms with E-state index in [9.17, 15) is 0 Å². The average molecular weight is 607 g/mol. The Labute approximate surface area is 276 Å². The molecule has 0 N–H and O–H groups in total. The van der Waals surface area contributed by atoms with E-state index in [0.717, 1.165) is 33.8 Å². The lowest BCUT2D eigenvalue weighted by atomic mass is 9.73. The lowest BCUT2D eigenvalue weighted by Crippen LogP contribution is -2.31. The third-order valence-electron chi connectivity index (χ3n) is 9.16. The van der Waals surface area contributed by atoms with E-state index >= 15 is 0 Å². The van der Waals surface area contributed by atoms with Crippen LogP contribution in [0.5, 0.6) is 0 Å². The highest BCUT2D eigenvalue weighted by Crippen LogP contribution is 2.52. The fourth-order valence-electron chi connectivity index (χ4n) is 6.79. The van der Waals surface area contributed by atoms with Crippen molar-refractivity contribution in [1.29, 1.82) is 0 Å². The minimum absolute atomic E-state index is 0.142. The molecule has 0 atom stereocenters. The molecule has 0 saturated heterocycles. The summed E-state index contributed by atoms with van der Waals surface area (Å²) in [5, 5.41) is 0. The molecule has 8 rings (SSSR count). The monoisotopic (exact) mass is 606 g/mol. The van der Waals surface area contributed by atoms with Crippen LogP contribution in [-0.4, -0.2) is 15.0 Å². The van der Waals surface area contributed by atoms with Crippen LogP contribution in [0.2, 0.25) is 0 Å². The second kappa shape index (κ2) is 11.8. The van der Waals surface area contributed by atoms with Crippen LogP contribution in [0.3, 0.4) is 0 Å². The van der Waals surface area contributed by atoms with Crippen molar-refractivity contribution in [2.24, 2.45) is 0 Å². The van der Waals surface area contributed by atoms with Crippen LogP contribution >= 0.6 is 0 Å². The Morgan fingerprint density at radius 3 is 1.45 bits per heavy atom. The highest BCUT2D eigenvalue weighted by molar-refractivity contribution is 5.88. The zero-order valence-corrected chi connectivity index (χ0v) is 26.5. The molecule has 1 aliphatic rings. The minimum Gasteiger partial charge on any atom is -0.310 e. The summed E-state index contributed by atoms with van der Waals surface area (Å²) in [6.07, 6.45) is 0.530. The molecule has 0 fully saturated rings. The zero-order valence-electron chi connectivity index (χ0n) is 26.5. The SMILES string of the molecule is CC1(C)c2ccccc2N(c2ccc(-c3ccccc3)cc2Cc2nc(-c3ccccc3)nc(-c3ccccc3)n2)c2ccccc21. The van der Waals surface area contributed by atoms with Crippen molar-refractivity contribution in [3.8, 4) is 33.9 Å². The number of hydrogen-bond donors (Lipinski definition) is 0. The predicted molar refractivity (Wildman–Crippen MR) is 192 cm³/mol. The fraction of sp³-hybridized carbons (Fsp3) is 0.0930. The van der Waals surface area contributed by atoms with Gasteiger partial charge >= 0.3 is 0 Å². The van der Waals surface area contributed by atoms with Gasteiger partial charge in [0.25, 0.3) is 0 Å². The highest BCUT2D eigenvalue weighted by Gasteiger charge is 2.37. The molecule has 0 radical (unpaired) electrons. The highest BCUT2D eigenvalue weighted by atomic mass is 15.2. The number of benzene rings is 6. The van der Waals surface area contributed by atoms with Crippen LogP contribution in [0.4, 0.5) is 17.1 Å². The first kappa shape index (κ1) is 28.6. The van der Waals surface area contributed by atoms with Crippen LogP contribution in [0, 0.1) is 0 Å². The minimum atomic E-state index is -0.142. The second-order valence-electron chi connectivity index (χ2n) is 12.5. The molecular weight excluding hydrogens is 573 g/mol. The molecule has 7 aromatic rings. The summed E-state index contributed by atoms with van der Waals surface area (Å²) in [6, 6.07) is 55.3. The van der Waals surface area contributed by atoms with E-state index in [2.05, 4.69) is 140 Å². The number of aromatic nitrogens is 3. The van der Waals surface area contributed by atoms with E-state index in [0.29, 0.717) is 18.1 Å². The summed E-state index contributed by atoms with van der Waals surface area (Å²) >= 11 is 0. The molecule has 0 bridgehead atoms. The summed E-state index contributed by atoms with van der Waals surface area (Å²) in [5.74, 6) is 2.07.